The summed E-state index contributed by atoms with van der Waals surface area (Å²) in [7, 11) is 5.99. The molecule has 1 N–H and O–H groups in total. The summed E-state index contributed by atoms with van der Waals surface area (Å²) < 4.78 is 23.0. The maximum Gasteiger partial charge on any atom is 0.361 e. The molecular formula is C82H150NO8+. The molecule has 9 heteroatoms. The summed E-state index contributed by atoms with van der Waals surface area (Å²) in [5, 5.41) is 9.77. The van der Waals surface area contributed by atoms with Gasteiger partial charge in [0.1, 0.15) is 13.2 Å². The lowest BCUT2D eigenvalue weighted by molar-refractivity contribution is -0.870. The Bertz CT molecular complexity index is 1730. The first-order chi connectivity index (χ1) is 44.6. The summed E-state index contributed by atoms with van der Waals surface area (Å²) in [4.78, 5) is 37.7. The molecule has 0 radical (unpaired) electrons. The maximum absolute atomic E-state index is 13.0. The second-order valence-corrected chi connectivity index (χ2v) is 27.7. The maximum atomic E-state index is 13.0. The highest BCUT2D eigenvalue weighted by molar-refractivity contribution is 5.71. The number of quaternary nitrogens is 1. The molecule has 0 aliphatic carbocycles. The molecule has 0 bridgehead atoms. The molecule has 91 heavy (non-hydrogen) atoms. The van der Waals surface area contributed by atoms with Gasteiger partial charge in [0.05, 0.1) is 34.4 Å². The van der Waals surface area contributed by atoms with E-state index in [0.717, 1.165) is 83.5 Å². The third-order valence-electron chi connectivity index (χ3n) is 17.5. The van der Waals surface area contributed by atoms with E-state index in [0.29, 0.717) is 17.4 Å². The molecule has 0 aliphatic heterocycles. The van der Waals surface area contributed by atoms with E-state index in [1.807, 2.05) is 21.1 Å². The highest BCUT2D eigenvalue weighted by atomic mass is 16.7. The first-order valence-electron chi connectivity index (χ1n) is 39.1. The second-order valence-electron chi connectivity index (χ2n) is 27.7. The molecule has 0 saturated carbocycles. The van der Waals surface area contributed by atoms with E-state index in [1.54, 1.807) is 0 Å². The minimum absolute atomic E-state index is 0.181. The van der Waals surface area contributed by atoms with Crippen LogP contribution in [0, 0.1) is 0 Å². The number of carboxylic acids is 1. The van der Waals surface area contributed by atoms with Crippen molar-refractivity contribution < 1.29 is 42.9 Å². The van der Waals surface area contributed by atoms with Crippen LogP contribution in [0.5, 0.6) is 0 Å². The van der Waals surface area contributed by atoms with Gasteiger partial charge in [-0.15, -0.1) is 0 Å². The number of rotatable bonds is 73. The number of carboxylic acid groups (broad SMARTS) is 1. The topological polar surface area (TPSA) is 108 Å². The SMILES string of the molecule is CC/C=C\C/C=C\C/C=C\C/C=C\C/C=C\C/C=C\CCCCCCCCCCCCCCC(=O)OC(COC(=O)CCCCCCCCCCCCCCCCCCCCCCCCCCCCCCCCCCCCC)COC(OCC[N+](C)(C)C)C(=O)O. The van der Waals surface area contributed by atoms with E-state index >= 15 is 0 Å². The van der Waals surface area contributed by atoms with Gasteiger partial charge in [0.15, 0.2) is 6.10 Å². The number of carbonyl (C=O) groups is 3. The van der Waals surface area contributed by atoms with Crippen molar-refractivity contribution in [3.05, 3.63) is 72.9 Å². The van der Waals surface area contributed by atoms with Crippen molar-refractivity contribution in [3.63, 3.8) is 0 Å². The van der Waals surface area contributed by atoms with Crippen LogP contribution in [0.1, 0.15) is 373 Å². The predicted molar refractivity (Wildman–Crippen MR) is 392 cm³/mol. The molecule has 2 unspecified atom stereocenters. The molecular weight excluding hydrogens is 1130 g/mol. The van der Waals surface area contributed by atoms with Crippen LogP contribution in [0.4, 0.5) is 0 Å². The Morgan fingerprint density at radius 3 is 0.934 bits per heavy atom. The van der Waals surface area contributed by atoms with Crippen LogP contribution >= 0.6 is 0 Å². The summed E-state index contributed by atoms with van der Waals surface area (Å²) in [6, 6.07) is 0. The Kier molecular flexibility index (Phi) is 69.9. The number of allylic oxidation sites excluding steroid dienone is 12. The lowest BCUT2D eigenvalue weighted by Gasteiger charge is -2.25. The molecule has 530 valence electrons. The molecule has 0 amide bonds. The molecule has 2 atom stereocenters. The zero-order chi connectivity index (χ0) is 66.1. The van der Waals surface area contributed by atoms with Gasteiger partial charge in [-0.2, -0.15) is 0 Å². The van der Waals surface area contributed by atoms with Crippen LogP contribution in [0.3, 0.4) is 0 Å². The van der Waals surface area contributed by atoms with Gasteiger partial charge in [-0.05, 0) is 64.2 Å². The fourth-order valence-electron chi connectivity index (χ4n) is 11.6. The van der Waals surface area contributed by atoms with E-state index in [4.69, 9.17) is 18.9 Å². The lowest BCUT2D eigenvalue weighted by Crippen LogP contribution is -2.40. The standard InChI is InChI=1S/C82H149NO8/c1-6-8-10-12-14-16-18-20-22-24-26-28-30-32-34-36-38-39-40-41-43-44-46-48-50-52-54-56-58-60-62-64-66-68-70-72-79(84)89-76-78(77-90-82(81(86)87)88-75-74-83(3,4)5)91-80(85)73-71-69-67-65-63-61-59-57-55-53-51-49-47-45-42-37-35-33-31-29-27-25-23-21-19-17-15-13-11-9-7-2/h9,11,15,17,21,23,27,29,33,35,42,45,78,82H,6-8,10,12-14,16,18-20,22,24-26,28,30-32,34,36-41,43-44,46-77H2,1-5H3/p+1/b11-9-,17-15-,23-21-,29-27-,35-33-,45-42-. The minimum atomic E-state index is -1.51. The number of ether oxygens (including phenoxy) is 4. The average molecular weight is 1280 g/mol. The van der Waals surface area contributed by atoms with Crippen molar-refractivity contribution in [2.75, 3.05) is 47.5 Å². The van der Waals surface area contributed by atoms with Crippen LogP contribution in [-0.4, -0.2) is 87.4 Å². The average Bonchev–Trinajstić information content (AvgIpc) is 3.65. The van der Waals surface area contributed by atoms with Gasteiger partial charge in [-0.3, -0.25) is 9.59 Å². The summed E-state index contributed by atoms with van der Waals surface area (Å²) >= 11 is 0. The van der Waals surface area contributed by atoms with Gasteiger partial charge >= 0.3 is 17.9 Å². The zero-order valence-electron chi connectivity index (χ0n) is 60.8. The number of unbranched alkanes of at least 4 members (excludes halogenated alkanes) is 46. The van der Waals surface area contributed by atoms with Gasteiger partial charge in [-0.25, -0.2) is 4.79 Å². The first kappa shape index (κ1) is 87.7. The van der Waals surface area contributed by atoms with E-state index in [9.17, 15) is 19.5 Å². The molecule has 0 fully saturated rings. The molecule has 0 rings (SSSR count). The Hall–Kier alpha value is -3.27. The normalized spacial score (nSPS) is 13.0. The van der Waals surface area contributed by atoms with Crippen LogP contribution in [0.2, 0.25) is 0 Å². The van der Waals surface area contributed by atoms with E-state index in [2.05, 4.69) is 86.8 Å². The first-order valence-corrected chi connectivity index (χ1v) is 39.1. The number of carbonyl (C=O) groups excluding carboxylic acids is 2. The smallest absolute Gasteiger partial charge is 0.361 e. The summed E-state index contributed by atoms with van der Waals surface area (Å²) in [5.41, 5.74) is 0. The van der Waals surface area contributed by atoms with E-state index in [1.165, 1.54) is 263 Å². The monoisotopic (exact) mass is 1280 g/mol. The summed E-state index contributed by atoms with van der Waals surface area (Å²) in [6.07, 6.45) is 94.8. The molecule has 0 aromatic rings. The Morgan fingerprint density at radius 1 is 0.341 bits per heavy atom. The minimum Gasteiger partial charge on any atom is -0.477 e. The van der Waals surface area contributed by atoms with Gasteiger partial charge < -0.3 is 28.5 Å². The predicted octanol–water partition coefficient (Wildman–Crippen LogP) is 24.8. The number of hydrogen-bond donors (Lipinski definition) is 1. The van der Waals surface area contributed by atoms with Crippen LogP contribution in [0.25, 0.3) is 0 Å². The number of likely N-dealkylation sites (N-methyl/N-ethyl adjacent to an activating group) is 1. The Morgan fingerprint density at radius 2 is 0.626 bits per heavy atom. The molecule has 0 aromatic carbocycles. The van der Waals surface area contributed by atoms with Crippen LogP contribution in [0.15, 0.2) is 72.9 Å². The summed E-state index contributed by atoms with van der Waals surface area (Å²) in [5.74, 6) is -1.99. The zero-order valence-corrected chi connectivity index (χ0v) is 60.8. The molecule has 0 heterocycles. The third-order valence-corrected chi connectivity index (χ3v) is 17.5. The van der Waals surface area contributed by atoms with Crippen LogP contribution in [-0.2, 0) is 33.3 Å². The third kappa shape index (κ3) is 74.0. The number of hydrogen-bond acceptors (Lipinski definition) is 7. The van der Waals surface area contributed by atoms with Gasteiger partial charge in [0, 0.05) is 12.8 Å². The van der Waals surface area contributed by atoms with Crippen LogP contribution < -0.4 is 0 Å². The van der Waals surface area contributed by atoms with Crippen molar-refractivity contribution in [1.82, 2.24) is 0 Å². The van der Waals surface area contributed by atoms with Crippen molar-refractivity contribution in [2.24, 2.45) is 0 Å². The number of esters is 2. The van der Waals surface area contributed by atoms with Crippen molar-refractivity contribution in [2.45, 2.75) is 386 Å². The summed E-state index contributed by atoms with van der Waals surface area (Å²) in [6.45, 7) is 4.82. The molecule has 9 nitrogen and oxygen atoms in total. The highest BCUT2D eigenvalue weighted by Crippen LogP contribution is 2.19. The lowest BCUT2D eigenvalue weighted by atomic mass is 10.0. The largest absolute Gasteiger partial charge is 0.477 e. The fraction of sp³-hybridized carbons (Fsp3) is 0.817. The Balaban J connectivity index is 4.01. The van der Waals surface area contributed by atoms with Gasteiger partial charge in [0.25, 0.3) is 6.29 Å². The molecule has 0 aromatic heterocycles. The number of aliphatic carboxylic acids is 1. The van der Waals surface area contributed by atoms with Crippen molar-refractivity contribution in [3.8, 4) is 0 Å². The number of nitrogens with zero attached hydrogens (tertiary/aromatic N) is 1. The second kappa shape index (κ2) is 72.6. The molecule has 0 spiro atoms. The van der Waals surface area contributed by atoms with Gasteiger partial charge in [0.2, 0.25) is 0 Å². The Labute approximate surface area is 564 Å². The quantitative estimate of drug-likeness (QED) is 0.0211. The van der Waals surface area contributed by atoms with Crippen molar-refractivity contribution >= 4 is 17.9 Å². The fourth-order valence-corrected chi connectivity index (χ4v) is 11.6. The van der Waals surface area contributed by atoms with E-state index in [-0.39, 0.29) is 32.2 Å². The van der Waals surface area contributed by atoms with E-state index < -0.39 is 24.3 Å². The molecule has 0 aliphatic rings. The van der Waals surface area contributed by atoms with Gasteiger partial charge in [-0.1, -0.05) is 369 Å². The van der Waals surface area contributed by atoms with Crippen molar-refractivity contribution in [1.29, 1.82) is 0 Å². The molecule has 0 saturated heterocycles. The highest BCUT2D eigenvalue weighted by Gasteiger charge is 2.25.